The summed E-state index contributed by atoms with van der Waals surface area (Å²) in [6.07, 6.45) is 0. The van der Waals surface area contributed by atoms with Gasteiger partial charge in [0, 0.05) is 25.4 Å². The Hall–Kier alpha value is -0.906. The zero-order valence-electron chi connectivity index (χ0n) is 13.9. The van der Waals surface area contributed by atoms with Crippen LogP contribution in [0.4, 0.5) is 0 Å². The van der Waals surface area contributed by atoms with Crippen molar-refractivity contribution in [2.45, 2.75) is 33.4 Å². The molecule has 0 saturated heterocycles. The van der Waals surface area contributed by atoms with Gasteiger partial charge in [0.1, 0.15) is 11.5 Å². The molecule has 128 valence electrons. The molecule has 2 radical (unpaired) electrons. The van der Waals surface area contributed by atoms with E-state index in [4.69, 9.17) is 26.9 Å². The van der Waals surface area contributed by atoms with E-state index in [1.54, 1.807) is 0 Å². The van der Waals surface area contributed by atoms with Gasteiger partial charge in [-0.1, -0.05) is 0 Å². The predicted octanol–water partition coefficient (Wildman–Crippen LogP) is 2.56. The highest BCUT2D eigenvalue weighted by Crippen LogP contribution is 2.27. The summed E-state index contributed by atoms with van der Waals surface area (Å²) in [5.74, 6) is 1.65. The summed E-state index contributed by atoms with van der Waals surface area (Å²) in [7, 11) is -2.58. The van der Waals surface area contributed by atoms with Crippen molar-refractivity contribution >= 4 is 18.8 Å². The Morgan fingerprint density at radius 2 is 1.78 bits per heavy atom. The fourth-order valence-corrected chi connectivity index (χ4v) is 5.25. The standard InChI is InChI=1S/C15H24O6Si2/c1-4-18-23(19-5-2,20-6-3)10-9-16-14-7-8-15-13(11-14)12-17-22-21-15/h7-8,11H,4-6,9-10,12H2,1-3H3. The van der Waals surface area contributed by atoms with E-state index in [2.05, 4.69) is 0 Å². The van der Waals surface area contributed by atoms with Gasteiger partial charge >= 0.3 is 18.8 Å². The summed E-state index contributed by atoms with van der Waals surface area (Å²) in [6, 6.07) is 6.39. The van der Waals surface area contributed by atoms with Gasteiger partial charge in [0.2, 0.25) is 0 Å². The fraction of sp³-hybridized carbons (Fsp3) is 0.600. The molecule has 0 atom stereocenters. The molecule has 0 aliphatic carbocycles. The maximum atomic E-state index is 5.85. The average molecular weight is 357 g/mol. The minimum Gasteiger partial charge on any atom is -0.517 e. The minimum atomic E-state index is -2.65. The summed E-state index contributed by atoms with van der Waals surface area (Å²) >= 11 is 0. The molecule has 0 aromatic heterocycles. The SMILES string of the molecule is CCO[Si](CCOc1ccc2c(c1)CO[Si]O2)(OCC)OCC. The van der Waals surface area contributed by atoms with Crippen LogP contribution in [-0.4, -0.2) is 45.2 Å². The van der Waals surface area contributed by atoms with Crippen molar-refractivity contribution in [1.82, 2.24) is 0 Å². The van der Waals surface area contributed by atoms with Gasteiger partial charge in [-0.2, -0.15) is 0 Å². The van der Waals surface area contributed by atoms with Gasteiger partial charge in [-0.15, -0.1) is 0 Å². The molecule has 23 heavy (non-hydrogen) atoms. The third-order valence-corrected chi connectivity index (χ3v) is 6.81. The average Bonchev–Trinajstić information content (AvgIpc) is 2.55. The lowest BCUT2D eigenvalue weighted by atomic mass is 10.2. The second-order valence-electron chi connectivity index (χ2n) is 4.82. The molecule has 1 aliphatic heterocycles. The number of ether oxygens (including phenoxy) is 1. The number of benzene rings is 1. The summed E-state index contributed by atoms with van der Waals surface area (Å²) < 4.78 is 34.0. The van der Waals surface area contributed by atoms with Gasteiger partial charge in [-0.05, 0) is 39.0 Å². The molecule has 1 aliphatic rings. The quantitative estimate of drug-likeness (QED) is 0.601. The fourth-order valence-electron chi connectivity index (χ4n) is 2.33. The van der Waals surface area contributed by atoms with Crippen LogP contribution in [0.3, 0.4) is 0 Å². The number of rotatable bonds is 10. The Labute approximate surface area is 141 Å². The van der Waals surface area contributed by atoms with Gasteiger partial charge in [0.05, 0.1) is 19.3 Å². The van der Waals surface area contributed by atoms with E-state index in [0.717, 1.165) is 17.1 Å². The second kappa shape index (κ2) is 9.40. The molecule has 2 rings (SSSR count). The molecule has 1 heterocycles. The van der Waals surface area contributed by atoms with Gasteiger partial charge in [-0.3, -0.25) is 0 Å². The Morgan fingerprint density at radius 3 is 2.43 bits per heavy atom. The molecule has 0 bridgehead atoms. The monoisotopic (exact) mass is 356 g/mol. The zero-order chi connectivity index (χ0) is 16.5. The van der Waals surface area contributed by atoms with E-state index >= 15 is 0 Å². The first-order valence-electron chi connectivity index (χ1n) is 7.94. The van der Waals surface area contributed by atoms with Crippen LogP contribution in [0.5, 0.6) is 11.5 Å². The van der Waals surface area contributed by atoms with E-state index in [-0.39, 0.29) is 10.0 Å². The molecular formula is C15H24O6Si2. The van der Waals surface area contributed by atoms with Crippen molar-refractivity contribution in [2.75, 3.05) is 26.4 Å². The van der Waals surface area contributed by atoms with Crippen LogP contribution < -0.4 is 9.16 Å². The van der Waals surface area contributed by atoms with Crippen LogP contribution in [0.1, 0.15) is 26.3 Å². The lowest BCUT2D eigenvalue weighted by molar-refractivity contribution is 0.0675. The van der Waals surface area contributed by atoms with Crippen molar-refractivity contribution < 1.29 is 26.9 Å². The van der Waals surface area contributed by atoms with Gasteiger partial charge in [0.15, 0.2) is 0 Å². The number of fused-ring (bicyclic) bond motifs is 1. The molecule has 0 N–H and O–H groups in total. The highest BCUT2D eigenvalue weighted by molar-refractivity contribution is 6.60. The molecule has 0 unspecified atom stereocenters. The van der Waals surface area contributed by atoms with Crippen molar-refractivity contribution in [2.24, 2.45) is 0 Å². The van der Waals surface area contributed by atoms with E-state index in [9.17, 15) is 0 Å². The third-order valence-electron chi connectivity index (χ3n) is 3.24. The van der Waals surface area contributed by atoms with Crippen LogP contribution in [0, 0.1) is 0 Å². The number of hydrogen-bond donors (Lipinski definition) is 0. The van der Waals surface area contributed by atoms with Gasteiger partial charge < -0.3 is 26.9 Å². The normalized spacial score (nSPS) is 14.2. The molecule has 0 spiro atoms. The summed E-state index contributed by atoms with van der Waals surface area (Å²) in [6.45, 7) is 8.59. The molecule has 0 fully saturated rings. The van der Waals surface area contributed by atoms with Crippen LogP contribution in [-0.2, 0) is 24.3 Å². The van der Waals surface area contributed by atoms with Crippen LogP contribution in [0.25, 0.3) is 0 Å². The zero-order valence-corrected chi connectivity index (χ0v) is 15.9. The number of hydrogen-bond acceptors (Lipinski definition) is 6. The van der Waals surface area contributed by atoms with Crippen molar-refractivity contribution in [1.29, 1.82) is 0 Å². The first-order chi connectivity index (χ1) is 11.2. The Kier molecular flexibility index (Phi) is 7.54. The van der Waals surface area contributed by atoms with E-state index < -0.39 is 8.80 Å². The smallest absolute Gasteiger partial charge is 0.517 e. The van der Waals surface area contributed by atoms with E-state index in [0.29, 0.717) is 39.1 Å². The molecule has 1 aromatic rings. The summed E-state index contributed by atoms with van der Waals surface area (Å²) in [5, 5.41) is 0. The summed E-state index contributed by atoms with van der Waals surface area (Å²) in [4.78, 5) is 0. The molecular weight excluding hydrogens is 332 g/mol. The Morgan fingerprint density at radius 1 is 1.09 bits per heavy atom. The third kappa shape index (κ3) is 5.30. The van der Waals surface area contributed by atoms with E-state index in [1.807, 2.05) is 39.0 Å². The van der Waals surface area contributed by atoms with Crippen molar-refractivity contribution in [3.8, 4) is 11.5 Å². The van der Waals surface area contributed by atoms with Crippen LogP contribution in [0.15, 0.2) is 18.2 Å². The maximum Gasteiger partial charge on any atom is 0.521 e. The van der Waals surface area contributed by atoms with Crippen LogP contribution in [0.2, 0.25) is 6.04 Å². The largest absolute Gasteiger partial charge is 0.521 e. The van der Waals surface area contributed by atoms with Crippen LogP contribution >= 0.6 is 0 Å². The second-order valence-corrected chi connectivity index (χ2v) is 8.22. The molecule has 1 aromatic carbocycles. The first-order valence-corrected chi connectivity index (χ1v) is 10.7. The Balaban J connectivity index is 1.93. The molecule has 6 nitrogen and oxygen atoms in total. The van der Waals surface area contributed by atoms with Gasteiger partial charge in [-0.25, -0.2) is 0 Å². The molecule has 8 heteroatoms. The predicted molar refractivity (Wildman–Crippen MR) is 88.5 cm³/mol. The molecule has 0 saturated carbocycles. The van der Waals surface area contributed by atoms with Gasteiger partial charge in [0.25, 0.3) is 0 Å². The summed E-state index contributed by atoms with van der Waals surface area (Å²) in [5.41, 5.74) is 1.00. The lowest BCUT2D eigenvalue weighted by Crippen LogP contribution is -2.47. The Bertz CT molecular complexity index is 468. The topological polar surface area (TPSA) is 55.4 Å². The van der Waals surface area contributed by atoms with E-state index in [1.165, 1.54) is 0 Å². The highest BCUT2D eigenvalue weighted by Gasteiger charge is 2.40. The minimum absolute atomic E-state index is 0.0732. The highest BCUT2D eigenvalue weighted by atomic mass is 28.4. The molecule has 0 amide bonds. The lowest BCUT2D eigenvalue weighted by Gasteiger charge is -2.28. The van der Waals surface area contributed by atoms with Crippen molar-refractivity contribution in [3.63, 3.8) is 0 Å². The maximum absolute atomic E-state index is 5.85. The van der Waals surface area contributed by atoms with Crippen molar-refractivity contribution in [3.05, 3.63) is 23.8 Å². The first kappa shape index (κ1) is 18.4.